The van der Waals surface area contributed by atoms with Crippen LogP contribution in [0.1, 0.15) is 78.1 Å². The van der Waals surface area contributed by atoms with Gasteiger partial charge in [0.2, 0.25) is 0 Å². The molecule has 4 aliphatic carbocycles. The van der Waals surface area contributed by atoms with Gasteiger partial charge in [-0.15, -0.1) is 0 Å². The maximum atomic E-state index is 11.6. The summed E-state index contributed by atoms with van der Waals surface area (Å²) in [7, 11) is 0. The van der Waals surface area contributed by atoms with Crippen molar-refractivity contribution >= 4 is 22.8 Å². The number of carbonyl (C=O) groups is 1. The monoisotopic (exact) mass is 613 g/mol. The number of ether oxygens (including phenoxy) is 3. The predicted octanol–water partition coefficient (Wildman–Crippen LogP) is 1.42. The van der Waals surface area contributed by atoms with Gasteiger partial charge in [-0.3, -0.25) is 4.79 Å². The Morgan fingerprint density at radius 1 is 1.03 bits per heavy atom. The Balaban J connectivity index is 1.17. The van der Waals surface area contributed by atoms with E-state index in [1.54, 1.807) is 0 Å². The average Bonchev–Trinajstić information content (AvgIpc) is 3.10. The molecule has 39 heavy (non-hydrogen) atoms. The van der Waals surface area contributed by atoms with Gasteiger partial charge in [-0.2, -0.15) is 0 Å². The third-order valence-electron chi connectivity index (χ3n) is 12.8. The van der Waals surface area contributed by atoms with Crippen LogP contribution in [0.4, 0.5) is 0 Å². The summed E-state index contributed by atoms with van der Waals surface area (Å²) >= 11 is 1.24. The molecule has 6 aliphatic rings. The summed E-state index contributed by atoms with van der Waals surface area (Å²) in [6, 6.07) is 0. The minimum Gasteiger partial charge on any atom is -0.481 e. The first kappa shape index (κ1) is 28.8. The average molecular weight is 614 g/mol. The molecule has 6 rings (SSSR count). The molecule has 0 aromatic carbocycles. The van der Waals surface area contributed by atoms with Crippen LogP contribution < -0.4 is 5.73 Å². The summed E-state index contributed by atoms with van der Waals surface area (Å²) in [6.45, 7) is 4.54. The molecule has 2 aliphatic heterocycles. The fourth-order valence-corrected chi connectivity index (χ4v) is 11.6. The van der Waals surface area contributed by atoms with Crippen LogP contribution in [0.5, 0.6) is 0 Å². The number of aliphatic hydroxyl groups excluding tert-OH is 3. The minimum atomic E-state index is -0.908. The van der Waals surface area contributed by atoms with Gasteiger partial charge in [-0.25, -0.2) is 0 Å². The number of carboxylic acid groups (broad SMARTS) is 1. The van der Waals surface area contributed by atoms with Gasteiger partial charge in [-0.1, -0.05) is 6.92 Å². The first-order valence-corrected chi connectivity index (χ1v) is 16.5. The second-order valence-corrected chi connectivity index (χ2v) is 15.8. The normalized spacial score (nSPS) is 56.8. The zero-order valence-electron chi connectivity index (χ0n) is 23.3. The zero-order valence-corrected chi connectivity index (χ0v) is 25.7. The van der Waals surface area contributed by atoms with Gasteiger partial charge in [0.05, 0.1) is 6.42 Å². The number of aliphatic hydroxyl groups is 3. The first-order valence-electron chi connectivity index (χ1n) is 15.1. The third-order valence-corrected chi connectivity index (χ3v) is 14.4. The van der Waals surface area contributed by atoms with Gasteiger partial charge < -0.3 is 10.8 Å². The fourth-order valence-electron chi connectivity index (χ4n) is 10.7. The van der Waals surface area contributed by atoms with Gasteiger partial charge in [0.15, 0.2) is 0 Å². The quantitative estimate of drug-likeness (QED) is 0.229. The molecule has 0 radical (unpaired) electrons. The zero-order chi connectivity index (χ0) is 27.9. The van der Waals surface area contributed by atoms with Crippen LogP contribution in [0, 0.1) is 40.4 Å². The summed E-state index contributed by atoms with van der Waals surface area (Å²) in [5.41, 5.74) is 6.49. The molecule has 2 bridgehead atoms. The van der Waals surface area contributed by atoms with Crippen LogP contribution in [-0.4, -0.2) is 92.4 Å². The van der Waals surface area contributed by atoms with Crippen molar-refractivity contribution in [2.24, 2.45) is 46.2 Å². The Bertz CT molecular complexity index is 954. The van der Waals surface area contributed by atoms with Crippen LogP contribution in [-0.2, 0) is 19.0 Å². The van der Waals surface area contributed by atoms with Gasteiger partial charge in [0, 0.05) is 5.92 Å². The summed E-state index contributed by atoms with van der Waals surface area (Å²) in [5.74, 6) is 0.893. The second kappa shape index (κ2) is 10.2. The molecule has 0 amide bonds. The van der Waals surface area contributed by atoms with E-state index in [4.69, 9.17) is 19.9 Å². The Hall–Kier alpha value is -0.252. The molecule has 9 nitrogen and oxygen atoms in total. The molecule has 2 heterocycles. The number of carboxylic acids is 1. The van der Waals surface area contributed by atoms with E-state index in [9.17, 15) is 25.2 Å². The van der Waals surface area contributed by atoms with E-state index in [0.29, 0.717) is 23.7 Å². The molecule has 10 heteroatoms. The summed E-state index contributed by atoms with van der Waals surface area (Å²) in [5, 5.41) is 40.3. The molecule has 1 unspecified atom stereocenters. The van der Waals surface area contributed by atoms with Crippen molar-refractivity contribution in [2.45, 2.75) is 125 Å². The van der Waals surface area contributed by atoms with Gasteiger partial charge >= 0.3 is 187 Å². The van der Waals surface area contributed by atoms with Crippen LogP contribution >= 0.6 is 0 Å². The van der Waals surface area contributed by atoms with Crippen molar-refractivity contribution in [3.8, 4) is 0 Å². The van der Waals surface area contributed by atoms with Crippen molar-refractivity contribution in [1.82, 2.24) is 0 Å². The molecule has 0 aromatic rings. The van der Waals surface area contributed by atoms with Crippen LogP contribution in [0.3, 0.4) is 0 Å². The molecular weight excluding hydrogens is 565 g/mol. The van der Waals surface area contributed by atoms with E-state index in [-0.39, 0.29) is 46.2 Å². The number of aliphatic carboxylic acids is 1. The number of rotatable bonds is 5. The molecule has 0 aromatic heterocycles. The van der Waals surface area contributed by atoms with Crippen LogP contribution in [0.15, 0.2) is 0 Å². The van der Waals surface area contributed by atoms with Crippen LogP contribution in [0.25, 0.3) is 0 Å². The molecule has 0 spiro atoms. The van der Waals surface area contributed by atoms with E-state index in [1.165, 1.54) is 16.9 Å². The van der Waals surface area contributed by atoms with Gasteiger partial charge in [0.1, 0.15) is 6.23 Å². The number of hydrogen-bond acceptors (Lipinski definition) is 8. The molecule has 6 fully saturated rings. The van der Waals surface area contributed by atoms with E-state index in [2.05, 4.69) is 13.8 Å². The van der Waals surface area contributed by atoms with Gasteiger partial charge in [-0.05, 0) is 12.3 Å². The van der Waals surface area contributed by atoms with Crippen molar-refractivity contribution in [1.29, 1.82) is 0 Å². The first-order chi connectivity index (χ1) is 18.4. The smallest absolute Gasteiger partial charge is 0.481 e. The van der Waals surface area contributed by atoms with Crippen LogP contribution in [0.2, 0.25) is 4.71 Å². The Morgan fingerprint density at radius 3 is 2.49 bits per heavy atom. The summed E-state index contributed by atoms with van der Waals surface area (Å²) < 4.78 is 18.6. The standard InChI is InChI=1S/C29H48AsNO8/c1-27-8-5-15(37-26-24(36)22(30)23(35)20(13-32)38-26)11-14(27)3-4-19-18(27)6-9-28(2)17-7-10-29(19,28)39-25(31)16(17)12-21(33)34/h14-20,22-26,32,35-36H,3-13,30-31H2,1-2H3,(H,33,34)/t14-,15+,16+,17-,18+,19-,20+,22+,23+,24+,25-,26+,27+,28-,29+/m1/s1. The van der Waals surface area contributed by atoms with E-state index < -0.39 is 36.8 Å². The molecule has 16 atom stereocenters. The number of nitrogens with two attached hydrogens (primary N) is 1. The molecule has 222 valence electrons. The molecule has 4 saturated carbocycles. The van der Waals surface area contributed by atoms with Crippen molar-refractivity contribution in [3.05, 3.63) is 0 Å². The molecule has 2 saturated heterocycles. The molecular formula is C29H48AsNO8. The third kappa shape index (κ3) is 4.23. The Kier molecular flexibility index (Phi) is 7.53. The Labute approximate surface area is 240 Å². The fraction of sp³-hybridized carbons (Fsp3) is 0.966. The topological polar surface area (TPSA) is 152 Å². The minimum absolute atomic E-state index is 0.0197. The summed E-state index contributed by atoms with van der Waals surface area (Å²) in [4.78, 5) is 11.6. The van der Waals surface area contributed by atoms with E-state index in [1.807, 2.05) is 0 Å². The second-order valence-electron chi connectivity index (χ2n) is 14.1. The van der Waals surface area contributed by atoms with Gasteiger partial charge in [0.25, 0.3) is 0 Å². The number of hydrogen-bond donors (Lipinski definition) is 5. The van der Waals surface area contributed by atoms with Crippen molar-refractivity contribution < 1.29 is 39.4 Å². The Morgan fingerprint density at radius 2 is 1.77 bits per heavy atom. The summed E-state index contributed by atoms with van der Waals surface area (Å²) in [6.07, 6.45) is 5.46. The van der Waals surface area contributed by atoms with E-state index in [0.717, 1.165) is 57.8 Å². The predicted molar refractivity (Wildman–Crippen MR) is 144 cm³/mol. The van der Waals surface area contributed by atoms with Crippen molar-refractivity contribution in [2.75, 3.05) is 6.61 Å². The number of fused-ring (bicyclic) bond motifs is 3. The SMILES string of the molecule is C[C@]12CC[C@H](O[C@H]3O[C@@H](CO)[C@H](O)[C@H]([AsH2])[C@@H]3O)C[C@H]1CC[C@@H]1[C@@H]2CC[C@]2(C)[C@@H]3CC[C@]12O[C@@H](N)[C@H]3CC(=O)O. The molecule has 6 N–H and O–H groups in total. The maximum absolute atomic E-state index is 11.6. The van der Waals surface area contributed by atoms with E-state index >= 15 is 0 Å². The van der Waals surface area contributed by atoms with Crippen molar-refractivity contribution in [3.63, 3.8) is 0 Å².